The van der Waals surface area contributed by atoms with Crippen LogP contribution in [0.2, 0.25) is 0 Å². The monoisotopic (exact) mass is 159 g/mol. The van der Waals surface area contributed by atoms with E-state index in [1.165, 1.54) is 12.8 Å². The van der Waals surface area contributed by atoms with Crippen LogP contribution in [0.25, 0.3) is 0 Å². The van der Waals surface area contributed by atoms with Crippen LogP contribution in [0.15, 0.2) is 0 Å². The summed E-state index contributed by atoms with van der Waals surface area (Å²) >= 11 is 0. The molecule has 0 atom stereocenters. The molecule has 0 aliphatic carbocycles. The predicted molar refractivity (Wildman–Crippen MR) is 49.8 cm³/mol. The molecular weight excluding hydrogens is 138 g/mol. The van der Waals surface area contributed by atoms with Crippen molar-refractivity contribution in [3.8, 4) is 0 Å². The number of carbonyl (C=O) groups is 1. The van der Waals surface area contributed by atoms with E-state index >= 15 is 0 Å². The third-order valence-corrected chi connectivity index (χ3v) is 0.926. The van der Waals surface area contributed by atoms with Gasteiger partial charge in [-0.2, -0.15) is 0 Å². The summed E-state index contributed by atoms with van der Waals surface area (Å²) < 4.78 is 0. The zero-order valence-electron chi connectivity index (χ0n) is 8.26. The van der Waals surface area contributed by atoms with Gasteiger partial charge in [-0.05, 0) is 27.6 Å². The van der Waals surface area contributed by atoms with Crippen LogP contribution in [0.3, 0.4) is 0 Å². The van der Waals surface area contributed by atoms with E-state index in [4.69, 9.17) is 0 Å². The van der Waals surface area contributed by atoms with Crippen LogP contribution in [0.4, 0.5) is 0 Å². The number of nitrogens with zero attached hydrogens (tertiary/aromatic N) is 1. The number of carbonyl (C=O) groups excluding carboxylic acids is 1. The van der Waals surface area contributed by atoms with E-state index in [0.717, 1.165) is 19.1 Å². The zero-order valence-corrected chi connectivity index (χ0v) is 8.26. The lowest BCUT2D eigenvalue weighted by Crippen LogP contribution is -1.99. The quantitative estimate of drug-likeness (QED) is 0.461. The van der Waals surface area contributed by atoms with Gasteiger partial charge >= 0.3 is 0 Å². The summed E-state index contributed by atoms with van der Waals surface area (Å²) in [6.07, 6.45) is 5.19. The van der Waals surface area contributed by atoms with Gasteiger partial charge in [0.25, 0.3) is 0 Å². The third kappa shape index (κ3) is 42.5. The summed E-state index contributed by atoms with van der Waals surface area (Å²) in [6.45, 7) is 2.13. The molecule has 0 bridgehead atoms. The van der Waals surface area contributed by atoms with E-state index < -0.39 is 0 Å². The van der Waals surface area contributed by atoms with Crippen molar-refractivity contribution in [1.29, 1.82) is 0 Å². The van der Waals surface area contributed by atoms with Crippen molar-refractivity contribution in [2.75, 3.05) is 21.1 Å². The maximum atomic E-state index is 9.68. The SMILES string of the molecule is CCCCCC=O.CN(C)C. The first-order valence-corrected chi connectivity index (χ1v) is 4.19. The fourth-order valence-electron chi connectivity index (χ4n) is 0.478. The van der Waals surface area contributed by atoms with Crippen molar-refractivity contribution in [2.45, 2.75) is 32.6 Å². The van der Waals surface area contributed by atoms with Gasteiger partial charge in [-0.3, -0.25) is 0 Å². The Morgan fingerprint density at radius 1 is 1.18 bits per heavy atom. The molecular formula is C9H21NO. The van der Waals surface area contributed by atoms with Gasteiger partial charge in [0, 0.05) is 6.42 Å². The number of unbranched alkanes of at least 4 members (excludes halogenated alkanes) is 3. The Balaban J connectivity index is 0. The van der Waals surface area contributed by atoms with Crippen molar-refractivity contribution in [1.82, 2.24) is 4.90 Å². The third-order valence-electron chi connectivity index (χ3n) is 0.926. The molecule has 11 heavy (non-hydrogen) atoms. The molecule has 68 valence electrons. The first-order valence-electron chi connectivity index (χ1n) is 4.19. The highest BCUT2D eigenvalue weighted by Crippen LogP contribution is 1.94. The molecule has 0 spiro atoms. The van der Waals surface area contributed by atoms with Crippen molar-refractivity contribution in [3.63, 3.8) is 0 Å². The molecule has 0 saturated carbocycles. The minimum atomic E-state index is 0.744. The molecule has 0 aromatic heterocycles. The summed E-state index contributed by atoms with van der Waals surface area (Å²) in [6, 6.07) is 0. The Kier molecular flexibility index (Phi) is 14.8. The molecule has 2 heteroatoms. The van der Waals surface area contributed by atoms with Gasteiger partial charge < -0.3 is 9.69 Å². The molecule has 0 radical (unpaired) electrons. The fraction of sp³-hybridized carbons (Fsp3) is 0.889. The zero-order chi connectivity index (χ0) is 9.11. The van der Waals surface area contributed by atoms with Crippen LogP contribution in [-0.2, 0) is 4.79 Å². The van der Waals surface area contributed by atoms with Gasteiger partial charge in [-0.25, -0.2) is 0 Å². The van der Waals surface area contributed by atoms with Crippen molar-refractivity contribution in [3.05, 3.63) is 0 Å². The van der Waals surface area contributed by atoms with E-state index in [9.17, 15) is 4.79 Å². The number of rotatable bonds is 4. The molecule has 2 nitrogen and oxygen atoms in total. The van der Waals surface area contributed by atoms with Crippen LogP contribution >= 0.6 is 0 Å². The lowest BCUT2D eigenvalue weighted by Gasteiger charge is -1.90. The van der Waals surface area contributed by atoms with E-state index in [1.54, 1.807) is 0 Å². The highest BCUT2D eigenvalue weighted by molar-refractivity contribution is 5.48. The highest BCUT2D eigenvalue weighted by atomic mass is 16.1. The van der Waals surface area contributed by atoms with E-state index in [0.29, 0.717) is 0 Å². The van der Waals surface area contributed by atoms with Crippen LogP contribution in [0, 0.1) is 0 Å². The second kappa shape index (κ2) is 12.3. The van der Waals surface area contributed by atoms with Crippen LogP contribution in [0.5, 0.6) is 0 Å². The molecule has 0 aromatic carbocycles. The summed E-state index contributed by atoms with van der Waals surface area (Å²) in [4.78, 5) is 11.7. The maximum absolute atomic E-state index is 9.68. The highest BCUT2D eigenvalue weighted by Gasteiger charge is 1.80. The summed E-state index contributed by atoms with van der Waals surface area (Å²) in [7, 11) is 6.00. The second-order valence-corrected chi connectivity index (χ2v) is 3.00. The number of aldehydes is 1. The average molecular weight is 159 g/mol. The normalized spacial score (nSPS) is 8.82. The molecule has 0 aliphatic rings. The predicted octanol–water partition coefficient (Wildman–Crippen LogP) is 1.94. The van der Waals surface area contributed by atoms with E-state index in [-0.39, 0.29) is 0 Å². The summed E-state index contributed by atoms with van der Waals surface area (Å²) in [5.41, 5.74) is 0. The molecule has 0 heterocycles. The Morgan fingerprint density at radius 3 is 1.91 bits per heavy atom. The van der Waals surface area contributed by atoms with Gasteiger partial charge in [0.2, 0.25) is 0 Å². The van der Waals surface area contributed by atoms with E-state index in [1.807, 2.05) is 26.0 Å². The topological polar surface area (TPSA) is 20.3 Å². The number of hydrogen-bond acceptors (Lipinski definition) is 2. The van der Waals surface area contributed by atoms with Crippen molar-refractivity contribution >= 4 is 6.29 Å². The van der Waals surface area contributed by atoms with Gasteiger partial charge in [-0.1, -0.05) is 19.8 Å². The summed E-state index contributed by atoms with van der Waals surface area (Å²) in [5, 5.41) is 0. The second-order valence-electron chi connectivity index (χ2n) is 3.00. The Morgan fingerprint density at radius 2 is 1.64 bits per heavy atom. The minimum absolute atomic E-state index is 0.744. The maximum Gasteiger partial charge on any atom is 0.119 e. The first kappa shape index (κ1) is 13.2. The number of hydrogen-bond donors (Lipinski definition) is 0. The fourth-order valence-corrected chi connectivity index (χ4v) is 0.478. The molecule has 0 saturated heterocycles. The Labute approximate surface area is 70.6 Å². The van der Waals surface area contributed by atoms with Gasteiger partial charge in [-0.15, -0.1) is 0 Å². The molecule has 0 amide bonds. The Hall–Kier alpha value is -0.370. The average Bonchev–Trinajstić information content (AvgIpc) is 1.88. The van der Waals surface area contributed by atoms with Gasteiger partial charge in [0.1, 0.15) is 6.29 Å². The largest absolute Gasteiger partial charge is 0.312 e. The molecule has 0 aromatic rings. The van der Waals surface area contributed by atoms with Crippen molar-refractivity contribution < 1.29 is 4.79 Å². The molecule has 0 N–H and O–H groups in total. The molecule has 0 aliphatic heterocycles. The lowest BCUT2D eigenvalue weighted by molar-refractivity contribution is -0.107. The van der Waals surface area contributed by atoms with Crippen LogP contribution in [0.1, 0.15) is 32.6 Å². The van der Waals surface area contributed by atoms with E-state index in [2.05, 4.69) is 6.92 Å². The summed E-state index contributed by atoms with van der Waals surface area (Å²) in [5.74, 6) is 0. The minimum Gasteiger partial charge on any atom is -0.312 e. The molecule has 0 fully saturated rings. The lowest BCUT2D eigenvalue weighted by atomic mass is 10.2. The standard InChI is InChI=1S/C6H12O.C3H9N/c1-2-3-4-5-6-7;1-4(2)3/h6H,2-5H2,1H3;1-3H3. The van der Waals surface area contributed by atoms with Gasteiger partial charge in [0.05, 0.1) is 0 Å². The van der Waals surface area contributed by atoms with Crippen LogP contribution < -0.4 is 0 Å². The smallest absolute Gasteiger partial charge is 0.119 e. The van der Waals surface area contributed by atoms with Gasteiger partial charge in [0.15, 0.2) is 0 Å². The molecule has 0 rings (SSSR count). The molecule has 0 unspecified atom stereocenters. The first-order chi connectivity index (χ1) is 5.15. The Bertz CT molecular complexity index is 69.2. The van der Waals surface area contributed by atoms with Crippen LogP contribution in [-0.4, -0.2) is 32.3 Å². The van der Waals surface area contributed by atoms with Crippen molar-refractivity contribution in [2.24, 2.45) is 0 Å².